The number of fused-ring (bicyclic) bond motifs is 1. The van der Waals surface area contributed by atoms with Crippen LogP contribution in [0.1, 0.15) is 37.5 Å². The lowest BCUT2D eigenvalue weighted by atomic mass is 10.0. The van der Waals surface area contributed by atoms with Crippen molar-refractivity contribution in [3.8, 4) is 0 Å². The first-order valence-corrected chi connectivity index (χ1v) is 12.2. The number of carbonyl (C=O) groups excluding carboxylic acids is 2. The molecule has 2 aliphatic heterocycles. The SMILES string of the molecule is CN1CCN(c2ccc(C(=O)NC3=NCc4ccc(C(=O)NCc5cscn5)cc43)cc2)CC1. The molecule has 5 rings (SSSR count). The number of piperazine rings is 1. The number of aliphatic imine (C=N–C) groups is 1. The Kier molecular flexibility index (Phi) is 6.37. The molecular weight excluding hydrogens is 448 g/mol. The predicted molar refractivity (Wildman–Crippen MR) is 134 cm³/mol. The van der Waals surface area contributed by atoms with Crippen molar-refractivity contribution < 1.29 is 9.59 Å². The van der Waals surface area contributed by atoms with Gasteiger partial charge in [-0.15, -0.1) is 11.3 Å². The Morgan fingerprint density at radius 1 is 1.00 bits per heavy atom. The molecule has 3 heterocycles. The van der Waals surface area contributed by atoms with Crippen LogP contribution in [0.4, 0.5) is 5.69 Å². The number of anilines is 1. The molecule has 0 saturated carbocycles. The van der Waals surface area contributed by atoms with E-state index in [-0.39, 0.29) is 11.8 Å². The van der Waals surface area contributed by atoms with Crippen LogP contribution in [0.2, 0.25) is 0 Å². The van der Waals surface area contributed by atoms with Gasteiger partial charge >= 0.3 is 0 Å². The van der Waals surface area contributed by atoms with Crippen LogP contribution in [0.5, 0.6) is 0 Å². The summed E-state index contributed by atoms with van der Waals surface area (Å²) in [5.41, 5.74) is 6.55. The quantitative estimate of drug-likeness (QED) is 0.593. The zero-order valence-electron chi connectivity index (χ0n) is 19.0. The van der Waals surface area contributed by atoms with Gasteiger partial charge in [0.2, 0.25) is 0 Å². The Morgan fingerprint density at radius 3 is 2.50 bits per heavy atom. The Hall–Kier alpha value is -3.56. The third-order valence-electron chi connectivity index (χ3n) is 6.18. The van der Waals surface area contributed by atoms with Crippen LogP contribution in [0.15, 0.2) is 58.3 Å². The number of thiazole rings is 1. The van der Waals surface area contributed by atoms with Gasteiger partial charge in [0.15, 0.2) is 0 Å². The average molecular weight is 475 g/mol. The summed E-state index contributed by atoms with van der Waals surface area (Å²) in [6.07, 6.45) is 0. The van der Waals surface area contributed by atoms with E-state index in [1.165, 1.54) is 11.3 Å². The summed E-state index contributed by atoms with van der Waals surface area (Å²) in [6.45, 7) is 4.89. The lowest BCUT2D eigenvalue weighted by molar-refractivity contribution is 0.0948. The van der Waals surface area contributed by atoms with Crippen molar-refractivity contribution in [2.24, 2.45) is 4.99 Å². The summed E-state index contributed by atoms with van der Waals surface area (Å²) < 4.78 is 0. The molecule has 0 bridgehead atoms. The summed E-state index contributed by atoms with van der Waals surface area (Å²) in [6, 6.07) is 13.1. The van der Waals surface area contributed by atoms with Crippen LogP contribution in [-0.4, -0.2) is 60.8 Å². The van der Waals surface area contributed by atoms with Crippen molar-refractivity contribution in [2.45, 2.75) is 13.1 Å². The van der Waals surface area contributed by atoms with Gasteiger partial charge in [-0.05, 0) is 49.0 Å². The number of rotatable bonds is 5. The Bertz CT molecular complexity index is 1210. The van der Waals surface area contributed by atoms with Crippen LogP contribution in [0.3, 0.4) is 0 Å². The van der Waals surface area contributed by atoms with E-state index in [1.54, 1.807) is 17.6 Å². The molecule has 2 N–H and O–H groups in total. The third kappa shape index (κ3) is 4.85. The molecule has 0 unspecified atom stereocenters. The standard InChI is InChI=1S/C25H26N6O2S/c1-30-8-10-31(11-9-30)21-6-4-17(5-7-21)25(33)29-23-22-12-18(2-3-19(22)13-26-23)24(32)27-14-20-15-34-16-28-20/h2-7,12,15-16H,8-11,13-14H2,1H3,(H,27,32)(H,26,29,33). The van der Waals surface area contributed by atoms with Crippen molar-refractivity contribution in [1.29, 1.82) is 0 Å². The summed E-state index contributed by atoms with van der Waals surface area (Å²) >= 11 is 1.49. The largest absolute Gasteiger partial charge is 0.369 e. The summed E-state index contributed by atoms with van der Waals surface area (Å²) in [4.78, 5) is 38.8. The van der Waals surface area contributed by atoms with Crippen molar-refractivity contribution in [3.63, 3.8) is 0 Å². The second-order valence-electron chi connectivity index (χ2n) is 8.49. The van der Waals surface area contributed by atoms with Gasteiger partial charge in [-0.2, -0.15) is 0 Å². The van der Waals surface area contributed by atoms with Crippen LogP contribution < -0.4 is 15.5 Å². The third-order valence-corrected chi connectivity index (χ3v) is 6.81. The fourth-order valence-electron chi connectivity index (χ4n) is 4.10. The van der Waals surface area contributed by atoms with Gasteiger partial charge < -0.3 is 20.4 Å². The first-order chi connectivity index (χ1) is 16.6. The minimum Gasteiger partial charge on any atom is -0.369 e. The highest BCUT2D eigenvalue weighted by atomic mass is 32.1. The Morgan fingerprint density at radius 2 is 1.76 bits per heavy atom. The summed E-state index contributed by atoms with van der Waals surface area (Å²) in [5, 5.41) is 7.71. The fourth-order valence-corrected chi connectivity index (χ4v) is 4.66. The van der Waals surface area contributed by atoms with Crippen LogP contribution >= 0.6 is 11.3 Å². The van der Waals surface area contributed by atoms with E-state index in [0.717, 1.165) is 48.7 Å². The van der Waals surface area contributed by atoms with E-state index in [4.69, 9.17) is 0 Å². The maximum absolute atomic E-state index is 12.9. The number of hydrogen-bond donors (Lipinski definition) is 2. The highest BCUT2D eigenvalue weighted by molar-refractivity contribution is 7.07. The minimum atomic E-state index is -0.213. The molecule has 9 heteroatoms. The Balaban J connectivity index is 1.23. The van der Waals surface area contributed by atoms with E-state index in [9.17, 15) is 9.59 Å². The fraction of sp³-hybridized carbons (Fsp3) is 0.280. The number of hydrogen-bond acceptors (Lipinski definition) is 7. The molecule has 2 aliphatic rings. The molecule has 8 nitrogen and oxygen atoms in total. The average Bonchev–Trinajstić information content (AvgIpc) is 3.53. The lowest BCUT2D eigenvalue weighted by Gasteiger charge is -2.34. The molecule has 0 spiro atoms. The molecular formula is C25H26N6O2S. The van der Waals surface area contributed by atoms with E-state index < -0.39 is 0 Å². The molecule has 1 saturated heterocycles. The molecule has 0 atom stereocenters. The zero-order valence-corrected chi connectivity index (χ0v) is 19.8. The molecule has 174 valence electrons. The second-order valence-corrected chi connectivity index (χ2v) is 9.21. The molecule has 0 radical (unpaired) electrons. The number of nitrogens with zero attached hydrogens (tertiary/aromatic N) is 4. The molecule has 2 amide bonds. The predicted octanol–water partition coefficient (Wildman–Crippen LogP) is 2.52. The number of aromatic nitrogens is 1. The van der Waals surface area contributed by atoms with Gasteiger partial charge in [0, 0.05) is 53.9 Å². The number of nitrogens with one attached hydrogen (secondary N) is 2. The van der Waals surface area contributed by atoms with Gasteiger partial charge in [-0.1, -0.05) is 6.07 Å². The number of amidine groups is 1. The maximum atomic E-state index is 12.9. The second kappa shape index (κ2) is 9.74. The van der Waals surface area contributed by atoms with Crippen LogP contribution in [0, 0.1) is 0 Å². The molecule has 34 heavy (non-hydrogen) atoms. The minimum absolute atomic E-state index is 0.187. The van der Waals surface area contributed by atoms with Crippen molar-refractivity contribution in [2.75, 3.05) is 38.1 Å². The van der Waals surface area contributed by atoms with Crippen molar-refractivity contribution >= 4 is 34.7 Å². The normalized spacial score (nSPS) is 15.6. The molecule has 1 fully saturated rings. The number of benzene rings is 2. The summed E-state index contributed by atoms with van der Waals surface area (Å²) in [7, 11) is 2.13. The van der Waals surface area contributed by atoms with Gasteiger partial charge in [0.1, 0.15) is 5.84 Å². The van der Waals surface area contributed by atoms with E-state index in [0.29, 0.717) is 30.1 Å². The van der Waals surface area contributed by atoms with Gasteiger partial charge in [-0.3, -0.25) is 14.6 Å². The number of amides is 2. The van der Waals surface area contributed by atoms with Crippen molar-refractivity contribution in [3.05, 3.63) is 81.3 Å². The van der Waals surface area contributed by atoms with Crippen LogP contribution in [0.25, 0.3) is 0 Å². The molecule has 3 aromatic rings. The van der Waals surface area contributed by atoms with Gasteiger partial charge in [0.05, 0.1) is 24.3 Å². The van der Waals surface area contributed by atoms with Crippen LogP contribution in [-0.2, 0) is 13.1 Å². The number of likely N-dealkylation sites (N-methyl/N-ethyl adjacent to an activating group) is 1. The monoisotopic (exact) mass is 474 g/mol. The first kappa shape index (κ1) is 22.2. The highest BCUT2D eigenvalue weighted by Gasteiger charge is 2.21. The molecule has 1 aromatic heterocycles. The van der Waals surface area contributed by atoms with Gasteiger partial charge in [-0.25, -0.2) is 4.98 Å². The first-order valence-electron chi connectivity index (χ1n) is 11.2. The Labute approximate surface area is 202 Å². The number of carbonyl (C=O) groups is 2. The highest BCUT2D eigenvalue weighted by Crippen LogP contribution is 2.21. The molecule has 0 aliphatic carbocycles. The van der Waals surface area contributed by atoms with Crippen molar-refractivity contribution in [1.82, 2.24) is 20.5 Å². The maximum Gasteiger partial charge on any atom is 0.256 e. The topological polar surface area (TPSA) is 89.9 Å². The van der Waals surface area contributed by atoms with Gasteiger partial charge in [0.25, 0.3) is 11.8 Å². The lowest BCUT2D eigenvalue weighted by Crippen LogP contribution is -2.44. The molecule has 2 aromatic carbocycles. The van der Waals surface area contributed by atoms with E-state index in [2.05, 4.69) is 37.5 Å². The van der Waals surface area contributed by atoms with E-state index >= 15 is 0 Å². The summed E-state index contributed by atoms with van der Waals surface area (Å²) in [5.74, 6) is 0.0973. The smallest absolute Gasteiger partial charge is 0.256 e. The zero-order chi connectivity index (χ0) is 23.5. The van der Waals surface area contributed by atoms with E-state index in [1.807, 2.05) is 35.7 Å².